The molecule has 4 aliphatic rings. The molecule has 8 rings (SSSR count). The molecule has 2 bridgehead atoms. The number of piperidine rings is 1. The average Bonchev–Trinajstić information content (AvgIpc) is 3.64. The van der Waals surface area contributed by atoms with Crippen LogP contribution in [-0.2, 0) is 6.42 Å². The molecule has 4 heterocycles. The lowest BCUT2D eigenvalue weighted by Gasteiger charge is -2.34. The number of phenols is 1. The van der Waals surface area contributed by atoms with Gasteiger partial charge in [0.25, 0.3) is 0 Å². The third-order valence-corrected chi connectivity index (χ3v) is 11.2. The van der Waals surface area contributed by atoms with Crippen molar-refractivity contribution in [1.82, 2.24) is 14.9 Å². The summed E-state index contributed by atoms with van der Waals surface area (Å²) < 4.78 is 68.6. The van der Waals surface area contributed by atoms with Crippen LogP contribution in [0.15, 0.2) is 30.3 Å². The van der Waals surface area contributed by atoms with Gasteiger partial charge in [0.1, 0.15) is 34.9 Å². The Hall–Kier alpha value is -3.70. The number of ether oxygens (including phenoxy) is 1. The van der Waals surface area contributed by atoms with Crippen molar-refractivity contribution in [2.75, 3.05) is 37.7 Å². The van der Waals surface area contributed by atoms with E-state index in [9.17, 15) is 19.0 Å². The van der Waals surface area contributed by atoms with Crippen molar-refractivity contribution >= 4 is 27.5 Å². The second-order valence-corrected chi connectivity index (χ2v) is 14.0. The SMILES string of the molecule is CCc1c(F)ccc2cc(O)cc(-c3c(F)cc4c(N5C[C@@H]6C[C@H](C5)[C@H](O)C6)nc(OCC[C@@]56CCCN5C[C@H](F)C6)nc4c3F)c12. The van der Waals surface area contributed by atoms with Crippen molar-refractivity contribution in [1.29, 1.82) is 0 Å². The molecule has 1 aromatic heterocycles. The molecule has 2 N–H and O–H groups in total. The number of hydrogen-bond donors (Lipinski definition) is 2. The maximum Gasteiger partial charge on any atom is 0.319 e. The number of phenolic OH excluding ortho intramolecular Hbond substituents is 1. The van der Waals surface area contributed by atoms with Crippen molar-refractivity contribution in [3.8, 4) is 22.9 Å². The van der Waals surface area contributed by atoms with Crippen molar-refractivity contribution in [2.45, 2.75) is 69.7 Å². The minimum Gasteiger partial charge on any atom is -0.508 e. The molecule has 11 heteroatoms. The van der Waals surface area contributed by atoms with E-state index in [4.69, 9.17) is 9.72 Å². The van der Waals surface area contributed by atoms with E-state index in [1.54, 1.807) is 6.92 Å². The topological polar surface area (TPSA) is 82.0 Å². The van der Waals surface area contributed by atoms with Crippen LogP contribution in [-0.4, -0.2) is 75.7 Å². The Balaban J connectivity index is 1.25. The van der Waals surface area contributed by atoms with Crippen molar-refractivity contribution in [2.24, 2.45) is 11.8 Å². The second kappa shape index (κ2) is 11.5. The number of hydrogen-bond acceptors (Lipinski definition) is 7. The van der Waals surface area contributed by atoms with Gasteiger partial charge < -0.3 is 19.8 Å². The van der Waals surface area contributed by atoms with Gasteiger partial charge in [-0.3, -0.25) is 4.90 Å². The predicted molar refractivity (Wildman–Crippen MR) is 171 cm³/mol. The number of aryl methyl sites for hydroxylation is 1. The number of aliphatic hydroxyl groups is 1. The minimum absolute atomic E-state index is 0.0154. The third kappa shape index (κ3) is 5.08. The standard InChI is InChI=1S/C36H38F4N4O3/c1-2-24-27(38)5-4-20-12-23(45)13-25(30(20)24)31-28(39)14-26-33(32(31)40)41-35(42-34(26)43-16-19-10-21(17-43)29(46)11-19)47-9-7-36-6-3-8-44(36)18-22(37)15-36/h4-5,12-14,19,21-22,29,45-46H,2-3,6-11,15-18H2,1H3/t19-,21-,22-,29-,36-/m1/s1. The number of benzene rings is 3. The summed E-state index contributed by atoms with van der Waals surface area (Å²) in [6.07, 6.45) is 3.40. The van der Waals surface area contributed by atoms with Gasteiger partial charge in [0.15, 0.2) is 5.82 Å². The number of aromatic hydroxyl groups is 1. The number of rotatable bonds is 7. The minimum atomic E-state index is -0.969. The first-order valence-electron chi connectivity index (χ1n) is 16.7. The molecule has 248 valence electrons. The lowest BCUT2D eigenvalue weighted by atomic mass is 9.90. The van der Waals surface area contributed by atoms with Crippen LogP contribution in [0.3, 0.4) is 0 Å². The van der Waals surface area contributed by atoms with Crippen LogP contribution in [0.2, 0.25) is 0 Å². The Morgan fingerprint density at radius 3 is 2.70 bits per heavy atom. The summed E-state index contributed by atoms with van der Waals surface area (Å²) in [5.41, 5.74) is -0.544. The molecule has 1 saturated carbocycles. The quantitative estimate of drug-likeness (QED) is 0.216. The van der Waals surface area contributed by atoms with Crippen molar-refractivity contribution < 1.29 is 32.5 Å². The Kier molecular flexibility index (Phi) is 7.48. The smallest absolute Gasteiger partial charge is 0.319 e. The molecule has 3 saturated heterocycles. The molecule has 0 radical (unpaired) electrons. The van der Waals surface area contributed by atoms with Gasteiger partial charge in [-0.1, -0.05) is 13.0 Å². The van der Waals surface area contributed by atoms with E-state index >= 15 is 8.78 Å². The first kappa shape index (κ1) is 30.6. The molecular formula is C36H38F4N4O3. The maximum atomic E-state index is 16.9. The maximum absolute atomic E-state index is 16.9. The van der Waals surface area contributed by atoms with Crippen LogP contribution in [0.25, 0.3) is 32.8 Å². The number of alkyl halides is 1. The fourth-order valence-electron chi connectivity index (χ4n) is 9.10. The normalized spacial score (nSPS) is 27.3. The number of fused-ring (bicyclic) bond motifs is 5. The summed E-state index contributed by atoms with van der Waals surface area (Å²) in [6, 6.07) is 6.60. The van der Waals surface area contributed by atoms with E-state index in [0.717, 1.165) is 25.8 Å². The number of nitrogens with zero attached hydrogens (tertiary/aromatic N) is 4. The molecule has 47 heavy (non-hydrogen) atoms. The van der Waals surface area contributed by atoms with Gasteiger partial charge in [-0.15, -0.1) is 0 Å². The van der Waals surface area contributed by atoms with E-state index in [-0.39, 0.29) is 64.2 Å². The molecule has 3 aliphatic heterocycles. The molecule has 0 unspecified atom stereocenters. The van der Waals surface area contributed by atoms with E-state index in [0.29, 0.717) is 55.5 Å². The number of halogens is 4. The summed E-state index contributed by atoms with van der Waals surface area (Å²) in [5, 5.41) is 22.1. The van der Waals surface area contributed by atoms with Gasteiger partial charge in [-0.05, 0) is 97.2 Å². The largest absolute Gasteiger partial charge is 0.508 e. The lowest BCUT2D eigenvalue weighted by Crippen LogP contribution is -2.39. The van der Waals surface area contributed by atoms with Gasteiger partial charge in [0, 0.05) is 42.9 Å². The lowest BCUT2D eigenvalue weighted by molar-refractivity contribution is 0.137. The van der Waals surface area contributed by atoms with E-state index < -0.39 is 35.3 Å². The van der Waals surface area contributed by atoms with Crippen LogP contribution in [0.4, 0.5) is 23.4 Å². The molecule has 5 atom stereocenters. The Morgan fingerprint density at radius 2 is 1.89 bits per heavy atom. The summed E-state index contributed by atoms with van der Waals surface area (Å²) >= 11 is 0. The zero-order chi connectivity index (χ0) is 32.6. The van der Waals surface area contributed by atoms with Crippen LogP contribution in [0.1, 0.15) is 51.0 Å². The number of aliphatic hydroxyl groups excluding tert-OH is 1. The monoisotopic (exact) mass is 650 g/mol. The molecular weight excluding hydrogens is 612 g/mol. The van der Waals surface area contributed by atoms with Crippen LogP contribution < -0.4 is 9.64 Å². The zero-order valence-electron chi connectivity index (χ0n) is 26.3. The van der Waals surface area contributed by atoms with E-state index in [1.165, 1.54) is 30.3 Å². The summed E-state index contributed by atoms with van der Waals surface area (Å²) in [5.74, 6) is -2.02. The highest BCUT2D eigenvalue weighted by Gasteiger charge is 2.48. The highest BCUT2D eigenvalue weighted by molar-refractivity contribution is 6.03. The summed E-state index contributed by atoms with van der Waals surface area (Å²) in [7, 11) is 0. The fraction of sp³-hybridized carbons (Fsp3) is 0.500. The Morgan fingerprint density at radius 1 is 1.04 bits per heavy atom. The van der Waals surface area contributed by atoms with Gasteiger partial charge >= 0.3 is 6.01 Å². The van der Waals surface area contributed by atoms with E-state index in [1.807, 2.05) is 4.90 Å². The first-order chi connectivity index (χ1) is 22.6. The highest BCUT2D eigenvalue weighted by atomic mass is 19.1. The number of anilines is 1. The zero-order valence-corrected chi connectivity index (χ0v) is 26.3. The Bertz CT molecular complexity index is 1890. The van der Waals surface area contributed by atoms with Crippen LogP contribution in [0, 0.1) is 29.3 Å². The second-order valence-electron chi connectivity index (χ2n) is 14.0. The summed E-state index contributed by atoms with van der Waals surface area (Å²) in [4.78, 5) is 13.3. The summed E-state index contributed by atoms with van der Waals surface area (Å²) in [6.45, 7) is 4.28. The van der Waals surface area contributed by atoms with Gasteiger partial charge in [-0.2, -0.15) is 9.97 Å². The van der Waals surface area contributed by atoms with Crippen LogP contribution in [0.5, 0.6) is 11.8 Å². The molecule has 1 aliphatic carbocycles. The molecule has 0 spiro atoms. The molecule has 4 aromatic rings. The average molecular weight is 651 g/mol. The van der Waals surface area contributed by atoms with Gasteiger partial charge in [0.05, 0.1) is 18.3 Å². The fourth-order valence-corrected chi connectivity index (χ4v) is 9.10. The molecule has 0 amide bonds. The van der Waals surface area contributed by atoms with Gasteiger partial charge in [-0.25, -0.2) is 17.6 Å². The number of aromatic nitrogens is 2. The Labute approximate surface area is 270 Å². The molecule has 7 nitrogen and oxygen atoms in total. The van der Waals surface area contributed by atoms with Crippen molar-refractivity contribution in [3.05, 3.63) is 53.3 Å². The molecule has 3 aromatic carbocycles. The van der Waals surface area contributed by atoms with E-state index in [2.05, 4.69) is 9.88 Å². The first-order valence-corrected chi connectivity index (χ1v) is 16.7. The van der Waals surface area contributed by atoms with Gasteiger partial charge in [0.2, 0.25) is 0 Å². The van der Waals surface area contributed by atoms with Crippen LogP contribution >= 0.6 is 0 Å². The van der Waals surface area contributed by atoms with Crippen molar-refractivity contribution in [3.63, 3.8) is 0 Å². The molecule has 4 fully saturated rings. The predicted octanol–water partition coefficient (Wildman–Crippen LogP) is 6.69. The third-order valence-electron chi connectivity index (χ3n) is 11.2. The highest BCUT2D eigenvalue weighted by Crippen LogP contribution is 2.45.